The van der Waals surface area contributed by atoms with Crippen LogP contribution in [0.25, 0.3) is 31.7 Å². The standard InChI is InChI=1S/C24H20O6S2/c1-25-19-13-3-6-16(24-22-18(12-32-24)28-8-10-30-22)20(26-2)14(13)4-5-15(19)23-21-17(11-31-23)27-7-9-29-21/h3-6,11-12H,7-10H2,1-2H3. The lowest BCUT2D eigenvalue weighted by Crippen LogP contribution is -2.14. The Hall–Kier alpha value is -3.10. The number of benzene rings is 2. The van der Waals surface area contributed by atoms with Crippen LogP contribution in [0.3, 0.4) is 0 Å². The molecule has 4 heterocycles. The highest BCUT2D eigenvalue weighted by atomic mass is 32.1. The fourth-order valence-corrected chi connectivity index (χ4v) is 6.15. The van der Waals surface area contributed by atoms with Gasteiger partial charge in [-0.1, -0.05) is 0 Å². The molecule has 2 aromatic heterocycles. The van der Waals surface area contributed by atoms with Crippen LogP contribution in [0.4, 0.5) is 0 Å². The summed E-state index contributed by atoms with van der Waals surface area (Å²) in [4.78, 5) is 2.00. The molecular formula is C24H20O6S2. The van der Waals surface area contributed by atoms with E-state index in [-0.39, 0.29) is 0 Å². The second-order valence-electron chi connectivity index (χ2n) is 7.30. The third-order valence-corrected chi connectivity index (χ3v) is 7.55. The van der Waals surface area contributed by atoms with Crippen molar-refractivity contribution in [3.8, 4) is 55.4 Å². The van der Waals surface area contributed by atoms with Gasteiger partial charge in [0.05, 0.1) is 24.0 Å². The van der Waals surface area contributed by atoms with Gasteiger partial charge in [-0.2, -0.15) is 0 Å². The summed E-state index contributed by atoms with van der Waals surface area (Å²) >= 11 is 3.19. The zero-order valence-corrected chi connectivity index (χ0v) is 19.2. The van der Waals surface area contributed by atoms with Crippen LogP contribution < -0.4 is 28.4 Å². The Kier molecular flexibility index (Phi) is 4.77. The maximum Gasteiger partial charge on any atom is 0.180 e. The molecule has 4 aromatic rings. The SMILES string of the molecule is COc1c(-c2scc3c2OCCO3)ccc2c(OC)c(-c3scc4c3OCCO4)ccc12. The molecule has 8 heteroatoms. The number of ether oxygens (including phenoxy) is 6. The third kappa shape index (κ3) is 2.90. The summed E-state index contributed by atoms with van der Waals surface area (Å²) in [5.41, 5.74) is 1.94. The van der Waals surface area contributed by atoms with Crippen molar-refractivity contribution in [1.82, 2.24) is 0 Å². The molecule has 0 N–H and O–H groups in total. The van der Waals surface area contributed by atoms with E-state index in [1.54, 1.807) is 36.9 Å². The Morgan fingerprint density at radius 1 is 0.625 bits per heavy atom. The van der Waals surface area contributed by atoms with Crippen LogP contribution in [-0.4, -0.2) is 40.6 Å². The molecule has 0 fully saturated rings. The minimum Gasteiger partial charge on any atom is -0.495 e. The van der Waals surface area contributed by atoms with Crippen molar-refractivity contribution in [1.29, 1.82) is 0 Å². The fraction of sp³-hybridized carbons (Fsp3) is 0.250. The molecule has 2 aliphatic rings. The van der Waals surface area contributed by atoms with Crippen molar-refractivity contribution in [2.24, 2.45) is 0 Å². The molecule has 6 nitrogen and oxygen atoms in total. The van der Waals surface area contributed by atoms with Crippen LogP contribution in [0.1, 0.15) is 0 Å². The minimum atomic E-state index is 0.542. The summed E-state index contributed by atoms with van der Waals surface area (Å²) in [6.07, 6.45) is 0. The first kappa shape index (κ1) is 19.6. The van der Waals surface area contributed by atoms with Crippen molar-refractivity contribution >= 4 is 33.4 Å². The zero-order valence-electron chi connectivity index (χ0n) is 17.6. The maximum atomic E-state index is 5.91. The molecule has 0 atom stereocenters. The summed E-state index contributed by atoms with van der Waals surface area (Å²) in [6, 6.07) is 8.26. The van der Waals surface area contributed by atoms with Crippen molar-refractivity contribution in [3.63, 3.8) is 0 Å². The number of hydrogen-bond donors (Lipinski definition) is 0. The Balaban J connectivity index is 1.54. The van der Waals surface area contributed by atoms with Crippen molar-refractivity contribution in [2.45, 2.75) is 0 Å². The lowest BCUT2D eigenvalue weighted by atomic mass is 9.99. The highest BCUT2D eigenvalue weighted by molar-refractivity contribution is 7.14. The number of thiophene rings is 2. The molecule has 6 rings (SSSR count). The van der Waals surface area contributed by atoms with E-state index in [4.69, 9.17) is 28.4 Å². The molecule has 164 valence electrons. The molecule has 0 unspecified atom stereocenters. The highest BCUT2D eigenvalue weighted by Crippen LogP contribution is 2.53. The average molecular weight is 469 g/mol. The molecule has 0 saturated heterocycles. The molecule has 0 radical (unpaired) electrons. The van der Waals surface area contributed by atoms with Crippen LogP contribution in [0.2, 0.25) is 0 Å². The van der Waals surface area contributed by atoms with Crippen LogP contribution >= 0.6 is 22.7 Å². The largest absolute Gasteiger partial charge is 0.495 e. The van der Waals surface area contributed by atoms with Gasteiger partial charge in [-0.15, -0.1) is 22.7 Å². The van der Waals surface area contributed by atoms with Crippen molar-refractivity contribution < 1.29 is 28.4 Å². The summed E-state index contributed by atoms with van der Waals surface area (Å²) in [5, 5.41) is 5.90. The Morgan fingerprint density at radius 3 is 1.50 bits per heavy atom. The van der Waals surface area contributed by atoms with Gasteiger partial charge in [0.15, 0.2) is 23.0 Å². The van der Waals surface area contributed by atoms with Gasteiger partial charge in [0.25, 0.3) is 0 Å². The highest BCUT2D eigenvalue weighted by Gasteiger charge is 2.26. The van der Waals surface area contributed by atoms with Crippen LogP contribution in [0.15, 0.2) is 35.0 Å². The smallest absolute Gasteiger partial charge is 0.180 e. The molecule has 0 bridgehead atoms. The van der Waals surface area contributed by atoms with Gasteiger partial charge in [0.2, 0.25) is 0 Å². The van der Waals surface area contributed by atoms with Crippen LogP contribution in [0, 0.1) is 0 Å². The molecule has 0 aliphatic carbocycles. The van der Waals surface area contributed by atoms with Gasteiger partial charge in [0.1, 0.15) is 37.9 Å². The second kappa shape index (κ2) is 7.79. The van der Waals surface area contributed by atoms with Gasteiger partial charge < -0.3 is 28.4 Å². The molecule has 0 amide bonds. The Labute approximate surface area is 192 Å². The van der Waals surface area contributed by atoms with Gasteiger partial charge in [0, 0.05) is 32.7 Å². The summed E-state index contributed by atoms with van der Waals surface area (Å²) in [5.74, 6) is 4.69. The zero-order chi connectivity index (χ0) is 21.7. The van der Waals surface area contributed by atoms with Gasteiger partial charge in [-0.25, -0.2) is 0 Å². The van der Waals surface area contributed by atoms with E-state index in [2.05, 4.69) is 24.3 Å². The summed E-state index contributed by atoms with van der Waals surface area (Å²) in [6.45, 7) is 2.22. The lowest BCUT2D eigenvalue weighted by molar-refractivity contribution is 0.174. The van der Waals surface area contributed by atoms with E-state index >= 15 is 0 Å². The van der Waals surface area contributed by atoms with Gasteiger partial charge in [-0.3, -0.25) is 0 Å². The minimum absolute atomic E-state index is 0.542. The fourth-order valence-electron chi connectivity index (χ4n) is 4.25. The van der Waals surface area contributed by atoms with E-state index in [1.807, 2.05) is 10.8 Å². The number of hydrogen-bond acceptors (Lipinski definition) is 8. The quantitative estimate of drug-likeness (QED) is 0.374. The van der Waals surface area contributed by atoms with E-state index in [1.165, 1.54) is 0 Å². The topological polar surface area (TPSA) is 55.4 Å². The predicted molar refractivity (Wildman–Crippen MR) is 126 cm³/mol. The monoisotopic (exact) mass is 468 g/mol. The third-order valence-electron chi connectivity index (χ3n) is 5.60. The van der Waals surface area contributed by atoms with Gasteiger partial charge >= 0.3 is 0 Å². The predicted octanol–water partition coefficient (Wildman–Crippen LogP) is 5.86. The number of methoxy groups -OCH3 is 2. The average Bonchev–Trinajstić information content (AvgIpc) is 3.47. The molecule has 32 heavy (non-hydrogen) atoms. The normalized spacial score (nSPS) is 14.4. The van der Waals surface area contributed by atoms with Crippen molar-refractivity contribution in [3.05, 3.63) is 35.0 Å². The van der Waals surface area contributed by atoms with Gasteiger partial charge in [-0.05, 0) is 24.3 Å². The maximum absolute atomic E-state index is 5.91. The Morgan fingerprint density at radius 2 is 1.06 bits per heavy atom. The summed E-state index contributed by atoms with van der Waals surface area (Å²) in [7, 11) is 3.38. The molecular weight excluding hydrogens is 448 g/mol. The van der Waals surface area contributed by atoms with E-state index < -0.39 is 0 Å². The molecule has 0 spiro atoms. The molecule has 2 aromatic carbocycles. The second-order valence-corrected chi connectivity index (χ2v) is 9.06. The first-order valence-corrected chi connectivity index (χ1v) is 12.0. The van der Waals surface area contributed by atoms with E-state index in [0.29, 0.717) is 26.4 Å². The lowest BCUT2D eigenvalue weighted by Gasteiger charge is -2.19. The first-order valence-electron chi connectivity index (χ1n) is 10.2. The number of fused-ring (bicyclic) bond motifs is 3. The molecule has 0 saturated carbocycles. The van der Waals surface area contributed by atoms with E-state index in [0.717, 1.165) is 66.2 Å². The number of rotatable bonds is 4. The first-order chi connectivity index (χ1) is 15.8. The van der Waals surface area contributed by atoms with Crippen LogP contribution in [0.5, 0.6) is 34.5 Å². The van der Waals surface area contributed by atoms with Crippen molar-refractivity contribution in [2.75, 3.05) is 40.6 Å². The molecule has 2 aliphatic heterocycles. The Bertz CT molecular complexity index is 1220. The van der Waals surface area contributed by atoms with E-state index in [9.17, 15) is 0 Å². The van der Waals surface area contributed by atoms with Crippen LogP contribution in [-0.2, 0) is 0 Å². The summed E-state index contributed by atoms with van der Waals surface area (Å²) < 4.78 is 35.1.